The fraction of sp³-hybridized carbons (Fsp3) is 0.375. The first-order chi connectivity index (χ1) is 12.0. The van der Waals surface area contributed by atoms with Crippen LogP contribution in [0.25, 0.3) is 0 Å². The summed E-state index contributed by atoms with van der Waals surface area (Å²) in [6.07, 6.45) is 0.605. The van der Waals surface area contributed by atoms with Crippen molar-refractivity contribution in [3.63, 3.8) is 0 Å². The third-order valence-electron chi connectivity index (χ3n) is 3.12. The normalized spacial score (nSPS) is 11.6. The molecule has 134 valence electrons. The Morgan fingerprint density at radius 1 is 1.32 bits per heavy atom. The smallest absolute Gasteiger partial charge is 0.374 e. The lowest BCUT2D eigenvalue weighted by molar-refractivity contribution is -0.124. The van der Waals surface area contributed by atoms with Gasteiger partial charge in [-0.15, -0.1) is 0 Å². The molecule has 0 aliphatic carbocycles. The number of carbonyl (C=O) groups excluding carboxylic acids is 3. The number of ether oxygens (including phenoxy) is 2. The Hall–Kier alpha value is -2.68. The lowest BCUT2D eigenvalue weighted by atomic mass is 10.2. The lowest BCUT2D eigenvalue weighted by Crippen LogP contribution is -2.32. The molecule has 0 aliphatic rings. The van der Waals surface area contributed by atoms with E-state index in [1.54, 1.807) is 26.8 Å². The summed E-state index contributed by atoms with van der Waals surface area (Å²) < 4.78 is 15.0. The van der Waals surface area contributed by atoms with Gasteiger partial charge in [-0.3, -0.25) is 10.1 Å². The van der Waals surface area contributed by atoms with Gasteiger partial charge in [-0.2, -0.15) is 0 Å². The molecule has 1 atom stereocenters. The number of furan rings is 1. The number of nitrogens with one attached hydrogen (secondary N) is 1. The monoisotopic (exact) mass is 366 g/mol. The zero-order valence-electron chi connectivity index (χ0n) is 14.0. The average Bonchev–Trinajstić information content (AvgIpc) is 3.22. The number of hydrogen-bond donors (Lipinski definition) is 1. The van der Waals surface area contributed by atoms with Crippen molar-refractivity contribution >= 4 is 34.3 Å². The molecule has 2 aromatic rings. The number of carbonyl (C=O) groups is 3. The number of hydrogen-bond acceptors (Lipinski definition) is 8. The maximum Gasteiger partial charge on any atom is 0.374 e. The highest BCUT2D eigenvalue weighted by Gasteiger charge is 2.25. The molecule has 2 heterocycles. The molecule has 0 aliphatic heterocycles. The van der Waals surface area contributed by atoms with Crippen molar-refractivity contribution in [2.75, 3.05) is 11.9 Å². The van der Waals surface area contributed by atoms with Crippen LogP contribution in [0, 0.1) is 6.92 Å². The van der Waals surface area contributed by atoms with E-state index >= 15 is 0 Å². The second-order valence-corrected chi connectivity index (χ2v) is 5.92. The van der Waals surface area contributed by atoms with Gasteiger partial charge in [0, 0.05) is 0 Å². The minimum atomic E-state index is -1.01. The van der Waals surface area contributed by atoms with Crippen LogP contribution in [-0.2, 0) is 14.3 Å². The highest BCUT2D eigenvalue weighted by atomic mass is 32.1. The third kappa shape index (κ3) is 4.66. The molecule has 0 spiro atoms. The van der Waals surface area contributed by atoms with Gasteiger partial charge in [0.1, 0.15) is 4.88 Å². The highest BCUT2D eigenvalue weighted by molar-refractivity contribution is 7.17. The number of esters is 2. The van der Waals surface area contributed by atoms with Crippen LogP contribution in [0.4, 0.5) is 5.13 Å². The first-order valence-electron chi connectivity index (χ1n) is 7.66. The molecular weight excluding hydrogens is 348 g/mol. The van der Waals surface area contributed by atoms with Crippen LogP contribution in [0.15, 0.2) is 22.8 Å². The first kappa shape index (κ1) is 18.7. The number of amides is 1. The van der Waals surface area contributed by atoms with Gasteiger partial charge < -0.3 is 13.9 Å². The minimum absolute atomic E-state index is 0.0148. The van der Waals surface area contributed by atoms with Crippen LogP contribution in [0.5, 0.6) is 0 Å². The molecule has 0 aromatic carbocycles. The Morgan fingerprint density at radius 2 is 2.08 bits per heavy atom. The molecule has 0 bridgehead atoms. The standard InChI is InChI=1S/C16H18N2O6S/c1-4-10(24-14(20)11-7-6-8-23-11)13(19)18-16-17-9(3)12(25-16)15(21)22-5-2/h6-8,10H,4-5H2,1-3H3,(H,17,18,19)/t10-/m1/s1. The molecule has 25 heavy (non-hydrogen) atoms. The van der Waals surface area contributed by atoms with Crippen LogP contribution >= 0.6 is 11.3 Å². The number of aromatic nitrogens is 1. The van der Waals surface area contributed by atoms with Gasteiger partial charge >= 0.3 is 11.9 Å². The van der Waals surface area contributed by atoms with E-state index in [2.05, 4.69) is 10.3 Å². The molecule has 2 aromatic heterocycles. The van der Waals surface area contributed by atoms with Gasteiger partial charge in [0.25, 0.3) is 5.91 Å². The zero-order chi connectivity index (χ0) is 18.4. The van der Waals surface area contributed by atoms with Gasteiger partial charge in [-0.1, -0.05) is 18.3 Å². The van der Waals surface area contributed by atoms with E-state index in [1.807, 2.05) is 0 Å². The Labute approximate surface area is 148 Å². The maximum atomic E-state index is 12.3. The molecule has 1 N–H and O–H groups in total. The summed E-state index contributed by atoms with van der Waals surface area (Å²) in [5, 5.41) is 2.79. The van der Waals surface area contributed by atoms with E-state index in [9.17, 15) is 14.4 Å². The minimum Gasteiger partial charge on any atom is -0.462 e. The Morgan fingerprint density at radius 3 is 2.68 bits per heavy atom. The Bertz CT molecular complexity index is 753. The predicted molar refractivity (Wildman–Crippen MR) is 89.6 cm³/mol. The summed E-state index contributed by atoms with van der Waals surface area (Å²) in [5.74, 6) is -1.74. The van der Waals surface area contributed by atoms with E-state index < -0.39 is 23.9 Å². The summed E-state index contributed by atoms with van der Waals surface area (Å²) in [4.78, 5) is 40.4. The summed E-state index contributed by atoms with van der Waals surface area (Å²) in [6, 6.07) is 3.00. The van der Waals surface area contributed by atoms with Crippen LogP contribution in [0.3, 0.4) is 0 Å². The Balaban J connectivity index is 2.03. The molecule has 0 saturated carbocycles. The molecule has 2 rings (SSSR count). The van der Waals surface area contributed by atoms with E-state index in [0.717, 1.165) is 11.3 Å². The lowest BCUT2D eigenvalue weighted by Gasteiger charge is -2.14. The van der Waals surface area contributed by atoms with Crippen molar-refractivity contribution in [1.82, 2.24) is 4.98 Å². The molecule has 1 amide bonds. The van der Waals surface area contributed by atoms with Gasteiger partial charge in [-0.05, 0) is 32.4 Å². The third-order valence-corrected chi connectivity index (χ3v) is 4.18. The van der Waals surface area contributed by atoms with Crippen molar-refractivity contribution in [1.29, 1.82) is 0 Å². The molecule has 0 radical (unpaired) electrons. The number of thiazole rings is 1. The molecule has 9 heteroatoms. The van der Waals surface area contributed by atoms with Crippen molar-refractivity contribution in [2.24, 2.45) is 0 Å². The van der Waals surface area contributed by atoms with Crippen LogP contribution in [0.1, 0.15) is 46.2 Å². The van der Waals surface area contributed by atoms with Gasteiger partial charge in [-0.25, -0.2) is 14.6 Å². The fourth-order valence-electron chi connectivity index (χ4n) is 1.93. The molecule has 0 unspecified atom stereocenters. The molecular formula is C16H18N2O6S. The van der Waals surface area contributed by atoms with Gasteiger partial charge in [0.15, 0.2) is 11.2 Å². The van der Waals surface area contributed by atoms with E-state index in [1.165, 1.54) is 12.3 Å². The highest BCUT2D eigenvalue weighted by Crippen LogP contribution is 2.24. The van der Waals surface area contributed by atoms with Gasteiger partial charge in [0.05, 0.1) is 18.6 Å². The largest absolute Gasteiger partial charge is 0.462 e. The topological polar surface area (TPSA) is 108 Å². The predicted octanol–water partition coefficient (Wildman–Crippen LogP) is 2.80. The zero-order valence-corrected chi connectivity index (χ0v) is 14.8. The van der Waals surface area contributed by atoms with Gasteiger partial charge in [0.2, 0.25) is 5.76 Å². The van der Waals surface area contributed by atoms with E-state index in [4.69, 9.17) is 13.9 Å². The second-order valence-electron chi connectivity index (χ2n) is 4.92. The number of nitrogens with zero attached hydrogens (tertiary/aromatic N) is 1. The van der Waals surface area contributed by atoms with Crippen LogP contribution in [-0.4, -0.2) is 35.5 Å². The van der Waals surface area contributed by atoms with Crippen molar-refractivity contribution in [2.45, 2.75) is 33.3 Å². The first-order valence-corrected chi connectivity index (χ1v) is 8.47. The quantitative estimate of drug-likeness (QED) is 0.751. The molecule has 0 saturated heterocycles. The average molecular weight is 366 g/mol. The summed E-state index contributed by atoms with van der Waals surface area (Å²) >= 11 is 1.00. The molecule has 0 fully saturated rings. The van der Waals surface area contributed by atoms with E-state index in [-0.39, 0.29) is 23.9 Å². The van der Waals surface area contributed by atoms with Crippen molar-refractivity contribution in [3.05, 3.63) is 34.7 Å². The van der Waals surface area contributed by atoms with E-state index in [0.29, 0.717) is 10.6 Å². The van der Waals surface area contributed by atoms with Crippen molar-refractivity contribution in [3.8, 4) is 0 Å². The SMILES string of the molecule is CCOC(=O)c1sc(NC(=O)[C@@H](CC)OC(=O)c2ccco2)nc1C. The summed E-state index contributed by atoms with van der Waals surface area (Å²) in [6.45, 7) is 5.30. The van der Waals surface area contributed by atoms with Crippen LogP contribution in [0.2, 0.25) is 0 Å². The summed E-state index contributed by atoms with van der Waals surface area (Å²) in [7, 11) is 0. The molecule has 8 nitrogen and oxygen atoms in total. The Kier molecular flexibility index (Phi) is 6.29. The second kappa shape index (κ2) is 8.43. The number of anilines is 1. The van der Waals surface area contributed by atoms with Crippen LogP contribution < -0.4 is 5.32 Å². The number of aryl methyl sites for hydroxylation is 1. The summed E-state index contributed by atoms with van der Waals surface area (Å²) in [5.41, 5.74) is 0.458. The number of rotatable bonds is 7. The van der Waals surface area contributed by atoms with Crippen molar-refractivity contribution < 1.29 is 28.3 Å². The fourth-order valence-corrected chi connectivity index (χ4v) is 2.79. The maximum absolute atomic E-state index is 12.3.